The predicted octanol–water partition coefficient (Wildman–Crippen LogP) is 1.83. The molecule has 3 nitrogen and oxygen atoms in total. The molecule has 2 bridgehead atoms. The topological polar surface area (TPSA) is 26.7 Å². The Balaban J connectivity index is 1.59. The van der Waals surface area contributed by atoms with Crippen LogP contribution in [-0.2, 0) is 0 Å². The summed E-state index contributed by atoms with van der Waals surface area (Å²) in [6.45, 7) is 5.76. The van der Waals surface area contributed by atoms with Gasteiger partial charge in [0.05, 0.1) is 5.60 Å². The summed E-state index contributed by atoms with van der Waals surface area (Å²) >= 11 is 0. The molecule has 106 valence electrons. The highest BCUT2D eigenvalue weighted by atomic mass is 16.3. The van der Waals surface area contributed by atoms with Gasteiger partial charge in [-0.3, -0.25) is 4.90 Å². The highest BCUT2D eigenvalue weighted by Crippen LogP contribution is 2.43. The van der Waals surface area contributed by atoms with E-state index in [1.807, 2.05) is 13.0 Å². The van der Waals surface area contributed by atoms with Crippen LogP contribution in [0.3, 0.4) is 0 Å². The summed E-state index contributed by atoms with van der Waals surface area (Å²) in [4.78, 5) is 5.31. The SMILES string of the molecule is C[C@]1(O)C=CN2C[C@H]3C[C@H](CN4CCCC[C@@H]34)[C@@H]2C1. The van der Waals surface area contributed by atoms with Gasteiger partial charge in [-0.25, -0.2) is 0 Å². The van der Waals surface area contributed by atoms with Crippen LogP contribution in [0.2, 0.25) is 0 Å². The van der Waals surface area contributed by atoms with Gasteiger partial charge in [-0.15, -0.1) is 0 Å². The Hall–Kier alpha value is -0.540. The number of rotatable bonds is 0. The minimum Gasteiger partial charge on any atom is -0.386 e. The third-order valence-electron chi connectivity index (χ3n) is 5.95. The van der Waals surface area contributed by atoms with Crippen molar-refractivity contribution in [1.29, 1.82) is 0 Å². The molecule has 0 spiro atoms. The van der Waals surface area contributed by atoms with Gasteiger partial charge in [0.15, 0.2) is 0 Å². The lowest BCUT2D eigenvalue weighted by Gasteiger charge is -2.57. The van der Waals surface area contributed by atoms with Crippen molar-refractivity contribution >= 4 is 0 Å². The number of nitrogens with zero attached hydrogens (tertiary/aromatic N) is 2. The standard InChI is InChI=1S/C16H26N2O/c1-16(19)5-7-18-10-12-8-13(15(18)9-16)11-17-6-3-2-4-14(12)17/h5,7,12-15,19H,2-4,6,8-11H2,1H3/t12-,13-,14+,15+,16+/m1/s1. The lowest BCUT2D eigenvalue weighted by molar-refractivity contribution is -0.0699. The molecule has 3 fully saturated rings. The first-order valence-electron chi connectivity index (χ1n) is 8.04. The minimum absolute atomic E-state index is 0.569. The van der Waals surface area contributed by atoms with Crippen LogP contribution in [0.15, 0.2) is 12.3 Å². The molecule has 19 heavy (non-hydrogen) atoms. The largest absolute Gasteiger partial charge is 0.386 e. The van der Waals surface area contributed by atoms with Gasteiger partial charge in [0.1, 0.15) is 0 Å². The first-order valence-corrected chi connectivity index (χ1v) is 8.04. The van der Waals surface area contributed by atoms with Crippen molar-refractivity contribution in [1.82, 2.24) is 9.80 Å². The van der Waals surface area contributed by atoms with E-state index < -0.39 is 5.60 Å². The Kier molecular flexibility index (Phi) is 2.72. The van der Waals surface area contributed by atoms with Crippen molar-refractivity contribution in [2.75, 3.05) is 19.6 Å². The first kappa shape index (κ1) is 12.2. The van der Waals surface area contributed by atoms with Crippen LogP contribution in [0.1, 0.15) is 39.0 Å². The molecule has 0 aliphatic carbocycles. The lowest BCUT2D eigenvalue weighted by Crippen LogP contribution is -2.63. The number of hydrogen-bond acceptors (Lipinski definition) is 3. The van der Waals surface area contributed by atoms with Gasteiger partial charge >= 0.3 is 0 Å². The van der Waals surface area contributed by atoms with E-state index in [0.717, 1.165) is 24.3 Å². The monoisotopic (exact) mass is 262 g/mol. The molecule has 0 aromatic rings. The summed E-state index contributed by atoms with van der Waals surface area (Å²) in [5, 5.41) is 10.3. The van der Waals surface area contributed by atoms with E-state index in [9.17, 15) is 5.11 Å². The summed E-state index contributed by atoms with van der Waals surface area (Å²) in [7, 11) is 0. The fourth-order valence-corrected chi connectivity index (χ4v) is 5.05. The van der Waals surface area contributed by atoms with Crippen LogP contribution in [0.5, 0.6) is 0 Å². The number of aliphatic hydroxyl groups is 1. The Morgan fingerprint density at radius 1 is 1.16 bits per heavy atom. The normalized spacial score (nSPS) is 49.7. The minimum atomic E-state index is -0.591. The molecule has 4 rings (SSSR count). The van der Waals surface area contributed by atoms with Gasteiger partial charge in [-0.05, 0) is 56.8 Å². The summed E-state index contributed by atoms with van der Waals surface area (Å²) < 4.78 is 0. The second-order valence-corrected chi connectivity index (χ2v) is 7.46. The van der Waals surface area contributed by atoms with Crippen LogP contribution in [0.25, 0.3) is 0 Å². The molecule has 4 aliphatic heterocycles. The van der Waals surface area contributed by atoms with Crippen LogP contribution >= 0.6 is 0 Å². The van der Waals surface area contributed by atoms with E-state index in [0.29, 0.717) is 6.04 Å². The predicted molar refractivity (Wildman–Crippen MR) is 75.7 cm³/mol. The Morgan fingerprint density at radius 3 is 2.89 bits per heavy atom. The molecular weight excluding hydrogens is 236 g/mol. The van der Waals surface area contributed by atoms with Gasteiger partial charge in [0.25, 0.3) is 0 Å². The fourth-order valence-electron chi connectivity index (χ4n) is 5.05. The van der Waals surface area contributed by atoms with E-state index in [1.165, 1.54) is 45.3 Å². The quantitative estimate of drug-likeness (QED) is 0.721. The fraction of sp³-hybridized carbons (Fsp3) is 0.875. The molecule has 3 heteroatoms. The highest BCUT2D eigenvalue weighted by molar-refractivity contribution is 5.12. The molecule has 0 aromatic heterocycles. The maximum atomic E-state index is 10.3. The molecule has 0 amide bonds. The van der Waals surface area contributed by atoms with Crippen molar-refractivity contribution in [2.24, 2.45) is 11.8 Å². The molecule has 1 N–H and O–H groups in total. The van der Waals surface area contributed by atoms with Gasteiger partial charge < -0.3 is 10.0 Å². The van der Waals surface area contributed by atoms with E-state index >= 15 is 0 Å². The van der Waals surface area contributed by atoms with E-state index in [-0.39, 0.29) is 0 Å². The van der Waals surface area contributed by atoms with Gasteiger partial charge in [0.2, 0.25) is 0 Å². The lowest BCUT2D eigenvalue weighted by atomic mass is 9.70. The second kappa shape index (κ2) is 4.23. The molecule has 0 radical (unpaired) electrons. The van der Waals surface area contributed by atoms with Crippen molar-refractivity contribution in [3.05, 3.63) is 12.3 Å². The molecule has 3 saturated heterocycles. The smallest absolute Gasteiger partial charge is 0.0836 e. The summed E-state index contributed by atoms with van der Waals surface area (Å²) in [5.41, 5.74) is -0.591. The molecule has 0 aromatic carbocycles. The van der Waals surface area contributed by atoms with Gasteiger partial charge in [0, 0.05) is 31.6 Å². The van der Waals surface area contributed by atoms with Crippen molar-refractivity contribution in [3.8, 4) is 0 Å². The Morgan fingerprint density at radius 2 is 2.00 bits per heavy atom. The first-order chi connectivity index (χ1) is 9.12. The third kappa shape index (κ3) is 2.02. The van der Waals surface area contributed by atoms with Crippen LogP contribution in [0, 0.1) is 11.8 Å². The zero-order chi connectivity index (χ0) is 13.0. The maximum absolute atomic E-state index is 10.3. The van der Waals surface area contributed by atoms with Crippen molar-refractivity contribution in [3.63, 3.8) is 0 Å². The molecule has 0 unspecified atom stereocenters. The summed E-state index contributed by atoms with van der Waals surface area (Å²) in [6, 6.07) is 1.42. The number of hydrogen-bond donors (Lipinski definition) is 1. The zero-order valence-corrected chi connectivity index (χ0v) is 12.0. The molecule has 4 heterocycles. The Bertz CT molecular complexity index is 392. The summed E-state index contributed by atoms with van der Waals surface area (Å²) in [5.74, 6) is 1.63. The van der Waals surface area contributed by atoms with Gasteiger partial charge in [-0.1, -0.05) is 6.42 Å². The third-order valence-corrected chi connectivity index (χ3v) is 5.95. The zero-order valence-electron chi connectivity index (χ0n) is 12.0. The molecule has 0 saturated carbocycles. The average molecular weight is 262 g/mol. The molecular formula is C16H26N2O. The van der Waals surface area contributed by atoms with Crippen molar-refractivity contribution in [2.45, 2.75) is 56.7 Å². The van der Waals surface area contributed by atoms with Crippen molar-refractivity contribution < 1.29 is 5.11 Å². The summed E-state index contributed by atoms with van der Waals surface area (Å²) in [6.07, 6.45) is 10.7. The Labute approximate surface area is 116 Å². The van der Waals surface area contributed by atoms with Crippen LogP contribution in [0.4, 0.5) is 0 Å². The van der Waals surface area contributed by atoms with Crippen LogP contribution < -0.4 is 0 Å². The van der Waals surface area contributed by atoms with E-state index in [1.54, 1.807) is 0 Å². The number of fused-ring (bicyclic) bond motifs is 6. The highest BCUT2D eigenvalue weighted by Gasteiger charge is 2.47. The molecule has 4 aliphatic rings. The maximum Gasteiger partial charge on any atom is 0.0836 e. The second-order valence-electron chi connectivity index (χ2n) is 7.46. The van der Waals surface area contributed by atoms with Gasteiger partial charge in [-0.2, -0.15) is 0 Å². The average Bonchev–Trinajstić information content (AvgIpc) is 2.40. The molecule has 5 atom stereocenters. The number of piperidine rings is 3. The van der Waals surface area contributed by atoms with Crippen LogP contribution in [-0.4, -0.2) is 52.2 Å². The van der Waals surface area contributed by atoms with E-state index in [4.69, 9.17) is 0 Å². The van der Waals surface area contributed by atoms with E-state index in [2.05, 4.69) is 16.0 Å².